The molecule has 0 aliphatic carbocycles. The van der Waals surface area contributed by atoms with Gasteiger partial charge in [0.2, 0.25) is 0 Å². The summed E-state index contributed by atoms with van der Waals surface area (Å²) in [5, 5.41) is 4.46. The van der Waals surface area contributed by atoms with Gasteiger partial charge in [-0.3, -0.25) is 4.57 Å². The molecule has 1 N–H and O–H groups in total. The third kappa shape index (κ3) is 3.38. The van der Waals surface area contributed by atoms with Gasteiger partial charge in [0.1, 0.15) is 29.5 Å². The highest BCUT2D eigenvalue weighted by atomic mass is 35.5. The number of nitrogens with one attached hydrogen (secondary N) is 1. The van der Waals surface area contributed by atoms with Crippen LogP contribution in [0.4, 0.5) is 20.3 Å². The van der Waals surface area contributed by atoms with E-state index in [0.29, 0.717) is 27.9 Å². The standard InChI is InChI=1S/C21H17ClF2N4O/c1-11-12(2)28(16-7-13(23)6-14(24)8-16)21-19(11)20(25-10-26-21)27-15-4-5-18(29-3)17(22)9-15/h4-10H,1-3H3,(H,25,26,27). The van der Waals surface area contributed by atoms with Crippen LogP contribution in [0, 0.1) is 25.5 Å². The predicted molar refractivity (Wildman–Crippen MR) is 110 cm³/mol. The molecule has 148 valence electrons. The summed E-state index contributed by atoms with van der Waals surface area (Å²) in [6, 6.07) is 8.69. The molecular weight excluding hydrogens is 398 g/mol. The van der Waals surface area contributed by atoms with Crippen molar-refractivity contribution >= 4 is 34.1 Å². The average Bonchev–Trinajstić information content (AvgIpc) is 2.93. The van der Waals surface area contributed by atoms with Crippen molar-refractivity contribution in [1.29, 1.82) is 0 Å². The summed E-state index contributed by atoms with van der Waals surface area (Å²) in [4.78, 5) is 8.73. The molecule has 4 rings (SSSR count). The summed E-state index contributed by atoms with van der Waals surface area (Å²) in [5.74, 6) is -0.179. The van der Waals surface area contributed by atoms with E-state index in [1.807, 2.05) is 19.9 Å². The highest BCUT2D eigenvalue weighted by Gasteiger charge is 2.19. The molecule has 0 amide bonds. The Kier molecular flexibility index (Phi) is 4.84. The SMILES string of the molecule is COc1ccc(Nc2ncnc3c2c(C)c(C)n3-c2cc(F)cc(F)c2)cc1Cl. The van der Waals surface area contributed by atoms with Gasteiger partial charge in [-0.2, -0.15) is 0 Å². The Morgan fingerprint density at radius 2 is 1.76 bits per heavy atom. The van der Waals surface area contributed by atoms with Gasteiger partial charge in [-0.15, -0.1) is 0 Å². The Bertz CT molecular complexity index is 1220. The summed E-state index contributed by atoms with van der Waals surface area (Å²) >= 11 is 6.21. The molecule has 4 aromatic rings. The molecule has 0 aliphatic rings. The third-order valence-corrected chi connectivity index (χ3v) is 5.11. The number of hydrogen-bond acceptors (Lipinski definition) is 4. The van der Waals surface area contributed by atoms with Crippen LogP contribution in [0.5, 0.6) is 5.75 Å². The quantitative estimate of drug-likeness (QED) is 0.464. The lowest BCUT2D eigenvalue weighted by atomic mass is 10.2. The minimum absolute atomic E-state index is 0.357. The highest BCUT2D eigenvalue weighted by Crippen LogP contribution is 2.34. The zero-order chi connectivity index (χ0) is 20.7. The normalized spacial score (nSPS) is 11.1. The van der Waals surface area contributed by atoms with Gasteiger partial charge >= 0.3 is 0 Å². The highest BCUT2D eigenvalue weighted by molar-refractivity contribution is 6.32. The van der Waals surface area contributed by atoms with E-state index < -0.39 is 11.6 Å². The molecule has 29 heavy (non-hydrogen) atoms. The van der Waals surface area contributed by atoms with Gasteiger partial charge in [0.25, 0.3) is 0 Å². The number of anilines is 2. The molecule has 0 spiro atoms. The van der Waals surface area contributed by atoms with Crippen LogP contribution < -0.4 is 10.1 Å². The van der Waals surface area contributed by atoms with E-state index in [2.05, 4.69) is 15.3 Å². The van der Waals surface area contributed by atoms with Crippen LogP contribution in [0.1, 0.15) is 11.3 Å². The van der Waals surface area contributed by atoms with Crippen LogP contribution in [0.15, 0.2) is 42.7 Å². The Morgan fingerprint density at radius 1 is 1.03 bits per heavy atom. The molecule has 2 aromatic carbocycles. The maximum Gasteiger partial charge on any atom is 0.150 e. The first-order valence-corrected chi connectivity index (χ1v) is 9.16. The topological polar surface area (TPSA) is 52.0 Å². The molecule has 0 atom stereocenters. The number of methoxy groups -OCH3 is 1. The zero-order valence-electron chi connectivity index (χ0n) is 15.9. The number of nitrogens with zero attached hydrogens (tertiary/aromatic N) is 3. The van der Waals surface area contributed by atoms with Gasteiger partial charge < -0.3 is 10.1 Å². The van der Waals surface area contributed by atoms with E-state index in [-0.39, 0.29) is 0 Å². The fourth-order valence-corrected chi connectivity index (χ4v) is 3.62. The van der Waals surface area contributed by atoms with E-state index in [9.17, 15) is 8.78 Å². The molecule has 0 saturated heterocycles. The fraction of sp³-hybridized carbons (Fsp3) is 0.143. The summed E-state index contributed by atoms with van der Waals surface area (Å²) in [5.41, 5.74) is 3.32. The minimum Gasteiger partial charge on any atom is -0.495 e. The lowest BCUT2D eigenvalue weighted by Gasteiger charge is -2.10. The molecule has 2 aromatic heterocycles. The number of rotatable bonds is 4. The lowest BCUT2D eigenvalue weighted by Crippen LogP contribution is -2.01. The van der Waals surface area contributed by atoms with E-state index in [1.54, 1.807) is 23.8 Å². The Hall–Kier alpha value is -3.19. The van der Waals surface area contributed by atoms with Gasteiger partial charge in [0, 0.05) is 17.4 Å². The van der Waals surface area contributed by atoms with Crippen LogP contribution in [0.25, 0.3) is 16.7 Å². The van der Waals surface area contributed by atoms with E-state index in [4.69, 9.17) is 16.3 Å². The number of aryl methyl sites for hydroxylation is 1. The van der Waals surface area contributed by atoms with E-state index in [0.717, 1.165) is 28.4 Å². The molecule has 0 aliphatic heterocycles. The number of benzene rings is 2. The minimum atomic E-state index is -0.654. The Labute approximate surface area is 170 Å². The van der Waals surface area contributed by atoms with Gasteiger partial charge in [-0.1, -0.05) is 11.6 Å². The second-order valence-electron chi connectivity index (χ2n) is 6.57. The monoisotopic (exact) mass is 414 g/mol. The summed E-state index contributed by atoms with van der Waals surface area (Å²) in [6.07, 6.45) is 1.40. The van der Waals surface area contributed by atoms with Crippen molar-refractivity contribution in [3.63, 3.8) is 0 Å². The van der Waals surface area contributed by atoms with E-state index >= 15 is 0 Å². The molecule has 0 fully saturated rings. The second kappa shape index (κ2) is 7.33. The van der Waals surface area contributed by atoms with Gasteiger partial charge in [-0.05, 0) is 49.7 Å². The molecule has 0 unspecified atom stereocenters. The lowest BCUT2D eigenvalue weighted by molar-refractivity contribution is 0.415. The van der Waals surface area contributed by atoms with Crippen LogP contribution >= 0.6 is 11.6 Å². The average molecular weight is 415 g/mol. The molecule has 0 bridgehead atoms. The van der Waals surface area contributed by atoms with E-state index in [1.165, 1.54) is 18.5 Å². The fourth-order valence-electron chi connectivity index (χ4n) is 3.36. The van der Waals surface area contributed by atoms with Crippen LogP contribution in [0.2, 0.25) is 5.02 Å². The number of fused-ring (bicyclic) bond motifs is 1. The molecule has 2 heterocycles. The number of aromatic nitrogens is 3. The van der Waals surface area contributed by atoms with Crippen molar-refractivity contribution in [2.45, 2.75) is 13.8 Å². The van der Waals surface area contributed by atoms with Crippen molar-refractivity contribution in [2.24, 2.45) is 0 Å². The van der Waals surface area contributed by atoms with Crippen molar-refractivity contribution in [2.75, 3.05) is 12.4 Å². The first-order valence-electron chi connectivity index (χ1n) is 8.78. The number of ether oxygens (including phenoxy) is 1. The van der Waals surface area contributed by atoms with Crippen LogP contribution in [-0.2, 0) is 0 Å². The van der Waals surface area contributed by atoms with Crippen molar-refractivity contribution in [1.82, 2.24) is 14.5 Å². The first-order chi connectivity index (χ1) is 13.9. The van der Waals surface area contributed by atoms with Crippen molar-refractivity contribution in [3.8, 4) is 11.4 Å². The van der Waals surface area contributed by atoms with Gasteiger partial charge in [0.15, 0.2) is 5.65 Å². The zero-order valence-corrected chi connectivity index (χ0v) is 16.7. The van der Waals surface area contributed by atoms with Crippen LogP contribution in [0.3, 0.4) is 0 Å². The first kappa shape index (κ1) is 19.1. The Morgan fingerprint density at radius 3 is 2.41 bits per heavy atom. The summed E-state index contributed by atoms with van der Waals surface area (Å²) in [6.45, 7) is 3.78. The third-order valence-electron chi connectivity index (χ3n) is 4.81. The number of halogens is 3. The van der Waals surface area contributed by atoms with Crippen LogP contribution in [-0.4, -0.2) is 21.6 Å². The molecule has 8 heteroatoms. The van der Waals surface area contributed by atoms with Gasteiger partial charge in [0.05, 0.1) is 23.2 Å². The van der Waals surface area contributed by atoms with Crippen molar-refractivity contribution < 1.29 is 13.5 Å². The maximum absolute atomic E-state index is 13.8. The largest absolute Gasteiger partial charge is 0.495 e. The Balaban J connectivity index is 1.87. The number of hydrogen-bond donors (Lipinski definition) is 1. The maximum atomic E-state index is 13.8. The summed E-state index contributed by atoms with van der Waals surface area (Å²) < 4.78 is 34.5. The molecule has 0 radical (unpaired) electrons. The second-order valence-corrected chi connectivity index (χ2v) is 6.98. The molecule has 5 nitrogen and oxygen atoms in total. The molecular formula is C21H17ClF2N4O. The van der Waals surface area contributed by atoms with Crippen molar-refractivity contribution in [3.05, 3.63) is 70.6 Å². The molecule has 0 saturated carbocycles. The summed E-state index contributed by atoms with van der Waals surface area (Å²) in [7, 11) is 1.55. The smallest absolute Gasteiger partial charge is 0.150 e. The van der Waals surface area contributed by atoms with Gasteiger partial charge in [-0.25, -0.2) is 18.7 Å². The predicted octanol–water partition coefficient (Wildman–Crippen LogP) is 5.72.